The number of sulfone groups is 3. The molecule has 39 heavy (non-hydrogen) atoms. The lowest BCUT2D eigenvalue weighted by Crippen LogP contribution is -2.18. The van der Waals surface area contributed by atoms with Crippen LogP contribution in [0.25, 0.3) is 22.0 Å². The van der Waals surface area contributed by atoms with E-state index in [2.05, 4.69) is 4.98 Å². The van der Waals surface area contributed by atoms with E-state index in [4.69, 9.17) is 0 Å². The molecule has 0 aliphatic rings. The standard InChI is InChI=1S/C29H31NO6S3/c1-20(37(2,31)32)15-22-17-25-9-6-14-30-29(25)27(18-22)24-8-5-7-21(16-24)19-28(39(4,35)36)23-10-12-26(13-11-23)38(3,33)34/h5-14,16-18,20,28H,15,19H2,1-4H3. The van der Waals surface area contributed by atoms with E-state index in [1.807, 2.05) is 48.5 Å². The summed E-state index contributed by atoms with van der Waals surface area (Å²) in [5, 5.41) is -0.523. The van der Waals surface area contributed by atoms with Gasteiger partial charge in [0, 0.05) is 35.9 Å². The highest BCUT2D eigenvalue weighted by atomic mass is 32.2. The molecule has 0 aliphatic heterocycles. The molecule has 0 saturated heterocycles. The Kier molecular flexibility index (Phi) is 8.03. The fourth-order valence-corrected chi connectivity index (χ4v) is 6.87. The Morgan fingerprint density at radius 3 is 2.03 bits per heavy atom. The Morgan fingerprint density at radius 2 is 1.41 bits per heavy atom. The quantitative estimate of drug-likeness (QED) is 0.282. The Morgan fingerprint density at radius 1 is 0.718 bits per heavy atom. The van der Waals surface area contributed by atoms with Gasteiger partial charge in [-0.25, -0.2) is 25.3 Å². The monoisotopic (exact) mass is 585 g/mol. The van der Waals surface area contributed by atoms with Crippen molar-refractivity contribution in [3.63, 3.8) is 0 Å². The smallest absolute Gasteiger partial charge is 0.175 e. The molecule has 0 amide bonds. The van der Waals surface area contributed by atoms with E-state index in [1.165, 1.54) is 24.6 Å². The van der Waals surface area contributed by atoms with Crippen LogP contribution < -0.4 is 0 Å². The molecule has 1 heterocycles. The number of aromatic nitrogens is 1. The van der Waals surface area contributed by atoms with Crippen LogP contribution in [-0.2, 0) is 42.4 Å². The molecular weight excluding hydrogens is 555 g/mol. The second kappa shape index (κ2) is 10.8. The first-order valence-electron chi connectivity index (χ1n) is 12.3. The fraction of sp³-hybridized carbons (Fsp3) is 0.276. The molecule has 0 aliphatic carbocycles. The summed E-state index contributed by atoms with van der Waals surface area (Å²) in [5.74, 6) is 0. The molecule has 1 aromatic heterocycles. The number of hydrogen-bond donors (Lipinski definition) is 0. The number of pyridine rings is 1. The van der Waals surface area contributed by atoms with Crippen molar-refractivity contribution in [1.29, 1.82) is 0 Å². The van der Waals surface area contributed by atoms with Crippen molar-refractivity contribution >= 4 is 40.4 Å². The highest BCUT2D eigenvalue weighted by Crippen LogP contribution is 2.33. The minimum Gasteiger partial charge on any atom is -0.256 e. The SMILES string of the molecule is CC(Cc1cc(-c2cccc(CC(c3ccc(S(C)(=O)=O)cc3)S(C)(=O)=O)c2)c2ncccc2c1)S(C)(=O)=O. The van der Waals surface area contributed by atoms with Gasteiger partial charge >= 0.3 is 0 Å². The molecule has 0 spiro atoms. The number of fused-ring (bicyclic) bond motifs is 1. The van der Waals surface area contributed by atoms with Crippen molar-refractivity contribution in [1.82, 2.24) is 4.98 Å². The Hall–Kier alpha value is -3.08. The van der Waals surface area contributed by atoms with Crippen LogP contribution in [0.1, 0.15) is 28.9 Å². The van der Waals surface area contributed by atoms with Crippen LogP contribution in [0.2, 0.25) is 0 Å². The van der Waals surface area contributed by atoms with Crippen molar-refractivity contribution in [3.8, 4) is 11.1 Å². The van der Waals surface area contributed by atoms with Crippen LogP contribution in [0.5, 0.6) is 0 Å². The molecule has 0 bridgehead atoms. The lowest BCUT2D eigenvalue weighted by atomic mass is 9.94. The molecule has 2 atom stereocenters. The van der Waals surface area contributed by atoms with Crippen molar-refractivity contribution in [3.05, 3.63) is 95.7 Å². The molecule has 0 radical (unpaired) electrons. The maximum atomic E-state index is 12.8. The topological polar surface area (TPSA) is 115 Å². The summed E-state index contributed by atoms with van der Waals surface area (Å²) in [6, 6.07) is 21.2. The normalized spacial score (nSPS) is 14.3. The zero-order valence-corrected chi connectivity index (χ0v) is 24.6. The second-order valence-electron chi connectivity index (χ2n) is 10.1. The molecule has 7 nitrogen and oxygen atoms in total. The van der Waals surface area contributed by atoms with Gasteiger partial charge in [0.2, 0.25) is 0 Å². The highest BCUT2D eigenvalue weighted by molar-refractivity contribution is 7.91. The predicted octanol–water partition coefficient (Wildman–Crippen LogP) is 4.61. The van der Waals surface area contributed by atoms with E-state index in [0.29, 0.717) is 12.0 Å². The number of nitrogens with zero attached hydrogens (tertiary/aromatic N) is 1. The van der Waals surface area contributed by atoms with E-state index < -0.39 is 40.0 Å². The third-order valence-electron chi connectivity index (χ3n) is 6.87. The number of benzene rings is 3. The van der Waals surface area contributed by atoms with Crippen LogP contribution >= 0.6 is 0 Å². The number of hydrogen-bond acceptors (Lipinski definition) is 7. The summed E-state index contributed by atoms with van der Waals surface area (Å²) in [5.41, 5.74) is 4.60. The molecule has 206 valence electrons. The summed E-state index contributed by atoms with van der Waals surface area (Å²) < 4.78 is 73.4. The molecule has 4 rings (SSSR count). The summed E-state index contributed by atoms with van der Waals surface area (Å²) in [7, 11) is -10.1. The zero-order chi connectivity index (χ0) is 28.6. The molecule has 0 N–H and O–H groups in total. The molecule has 10 heteroatoms. The van der Waals surface area contributed by atoms with Gasteiger partial charge in [0.1, 0.15) is 9.84 Å². The van der Waals surface area contributed by atoms with Gasteiger partial charge < -0.3 is 0 Å². The first-order chi connectivity index (χ1) is 18.1. The first-order valence-corrected chi connectivity index (χ1v) is 18.1. The third-order valence-corrected chi connectivity index (χ3v) is 11.1. The maximum Gasteiger partial charge on any atom is 0.175 e. The van der Waals surface area contributed by atoms with Gasteiger partial charge in [0.25, 0.3) is 0 Å². The molecule has 4 aromatic rings. The second-order valence-corrected chi connectivity index (χ2v) is 16.8. The van der Waals surface area contributed by atoms with E-state index in [1.54, 1.807) is 25.3 Å². The highest BCUT2D eigenvalue weighted by Gasteiger charge is 2.24. The molecular formula is C29H31NO6S3. The molecule has 2 unspecified atom stereocenters. The van der Waals surface area contributed by atoms with E-state index >= 15 is 0 Å². The van der Waals surface area contributed by atoms with Gasteiger partial charge in [-0.2, -0.15) is 0 Å². The third kappa shape index (κ3) is 6.93. The van der Waals surface area contributed by atoms with Gasteiger partial charge in [0.05, 0.1) is 20.9 Å². The summed E-state index contributed by atoms with van der Waals surface area (Å²) in [6.45, 7) is 1.69. The van der Waals surface area contributed by atoms with Crippen molar-refractivity contribution in [2.24, 2.45) is 0 Å². The van der Waals surface area contributed by atoms with Crippen LogP contribution in [0.3, 0.4) is 0 Å². The van der Waals surface area contributed by atoms with Gasteiger partial charge in [-0.1, -0.05) is 42.5 Å². The summed E-state index contributed by atoms with van der Waals surface area (Å²) in [4.78, 5) is 4.70. The van der Waals surface area contributed by atoms with Crippen LogP contribution in [0.15, 0.2) is 83.9 Å². The first kappa shape index (κ1) is 28.9. The average molecular weight is 586 g/mol. The molecule has 0 fully saturated rings. The molecule has 3 aromatic carbocycles. The maximum absolute atomic E-state index is 12.8. The van der Waals surface area contributed by atoms with Crippen molar-refractivity contribution in [2.75, 3.05) is 18.8 Å². The minimum absolute atomic E-state index is 0.130. The van der Waals surface area contributed by atoms with E-state index in [9.17, 15) is 25.3 Å². The zero-order valence-electron chi connectivity index (χ0n) is 22.2. The van der Waals surface area contributed by atoms with E-state index in [-0.39, 0.29) is 11.3 Å². The minimum atomic E-state index is -3.53. The Bertz CT molecular complexity index is 1850. The van der Waals surface area contributed by atoms with Gasteiger partial charge in [0.15, 0.2) is 19.7 Å². The lowest BCUT2D eigenvalue weighted by Gasteiger charge is -2.17. The van der Waals surface area contributed by atoms with Gasteiger partial charge in [-0.05, 0) is 72.4 Å². The lowest BCUT2D eigenvalue weighted by molar-refractivity contribution is 0.586. The largest absolute Gasteiger partial charge is 0.256 e. The van der Waals surface area contributed by atoms with Crippen LogP contribution in [0, 0.1) is 0 Å². The fourth-order valence-electron chi connectivity index (χ4n) is 4.60. The van der Waals surface area contributed by atoms with Crippen molar-refractivity contribution < 1.29 is 25.3 Å². The predicted molar refractivity (Wildman–Crippen MR) is 156 cm³/mol. The summed E-state index contributed by atoms with van der Waals surface area (Å²) >= 11 is 0. The van der Waals surface area contributed by atoms with Crippen LogP contribution in [0.4, 0.5) is 0 Å². The van der Waals surface area contributed by atoms with Crippen LogP contribution in [-0.4, -0.2) is 54.3 Å². The Balaban J connectivity index is 1.75. The number of rotatable bonds is 9. The average Bonchev–Trinajstić information content (AvgIpc) is 2.85. The van der Waals surface area contributed by atoms with Gasteiger partial charge in [-0.3, -0.25) is 4.98 Å². The molecule has 0 saturated carbocycles. The van der Waals surface area contributed by atoms with Gasteiger partial charge in [-0.15, -0.1) is 0 Å². The van der Waals surface area contributed by atoms with Crippen molar-refractivity contribution in [2.45, 2.75) is 35.2 Å². The summed E-state index contributed by atoms with van der Waals surface area (Å²) in [6.07, 6.45) is 5.77. The van der Waals surface area contributed by atoms with E-state index in [0.717, 1.165) is 39.4 Å². The Labute approximate surface area is 230 Å².